The molecule has 0 unspecified atom stereocenters. The van der Waals surface area contributed by atoms with Gasteiger partial charge < -0.3 is 5.32 Å². The van der Waals surface area contributed by atoms with Gasteiger partial charge in [0.25, 0.3) is 11.6 Å². The zero-order chi connectivity index (χ0) is 17.7. The van der Waals surface area contributed by atoms with Gasteiger partial charge in [-0.3, -0.25) is 14.9 Å². The van der Waals surface area contributed by atoms with E-state index in [4.69, 9.17) is 0 Å². The first-order chi connectivity index (χ1) is 11.4. The summed E-state index contributed by atoms with van der Waals surface area (Å²) < 4.78 is 0.823. The number of nitro groups is 1. The number of nitriles is 1. The molecular weight excluding hydrogens is 374 g/mol. The molecule has 120 valence electrons. The lowest BCUT2D eigenvalue weighted by molar-refractivity contribution is -0.384. The van der Waals surface area contributed by atoms with Crippen molar-refractivity contribution >= 4 is 39.3 Å². The Kier molecular flexibility index (Phi) is 5.45. The SMILES string of the molecule is Cc1ccc([N+](=O)[O-])cc1NC(=O)/C(C#N)=C/c1cccc(Br)c1. The van der Waals surface area contributed by atoms with Crippen LogP contribution in [0.25, 0.3) is 6.08 Å². The number of nitro benzene ring substituents is 1. The minimum absolute atomic E-state index is 0.0981. The number of hydrogen-bond donors (Lipinski definition) is 1. The summed E-state index contributed by atoms with van der Waals surface area (Å²) >= 11 is 3.32. The smallest absolute Gasteiger partial charge is 0.271 e. The van der Waals surface area contributed by atoms with Crippen LogP contribution in [0.1, 0.15) is 11.1 Å². The fourth-order valence-electron chi connectivity index (χ4n) is 1.96. The molecular formula is C17H12BrN3O3. The highest BCUT2D eigenvalue weighted by Crippen LogP contribution is 2.22. The van der Waals surface area contributed by atoms with Crippen molar-refractivity contribution < 1.29 is 9.72 Å². The monoisotopic (exact) mass is 385 g/mol. The molecule has 6 nitrogen and oxygen atoms in total. The van der Waals surface area contributed by atoms with Crippen LogP contribution in [0, 0.1) is 28.4 Å². The molecule has 0 radical (unpaired) electrons. The number of halogens is 1. The number of rotatable bonds is 4. The van der Waals surface area contributed by atoms with Crippen molar-refractivity contribution in [1.29, 1.82) is 5.26 Å². The van der Waals surface area contributed by atoms with E-state index in [1.165, 1.54) is 24.3 Å². The highest BCUT2D eigenvalue weighted by molar-refractivity contribution is 9.10. The normalized spacial score (nSPS) is 10.8. The molecule has 7 heteroatoms. The van der Waals surface area contributed by atoms with E-state index in [0.717, 1.165) is 4.47 Å². The van der Waals surface area contributed by atoms with Gasteiger partial charge in [-0.1, -0.05) is 34.1 Å². The molecule has 0 fully saturated rings. The van der Waals surface area contributed by atoms with Crippen LogP contribution in [0.3, 0.4) is 0 Å². The van der Waals surface area contributed by atoms with Crippen molar-refractivity contribution in [2.24, 2.45) is 0 Å². The molecule has 24 heavy (non-hydrogen) atoms. The Morgan fingerprint density at radius 3 is 2.71 bits per heavy atom. The average Bonchev–Trinajstić information content (AvgIpc) is 2.54. The summed E-state index contributed by atoms with van der Waals surface area (Å²) in [6, 6.07) is 13.1. The third-order valence-corrected chi connectivity index (χ3v) is 3.70. The zero-order valence-electron chi connectivity index (χ0n) is 12.6. The van der Waals surface area contributed by atoms with Crippen LogP contribution in [0.2, 0.25) is 0 Å². The molecule has 0 aliphatic rings. The van der Waals surface area contributed by atoms with E-state index in [9.17, 15) is 20.2 Å². The lowest BCUT2D eigenvalue weighted by atomic mass is 10.1. The van der Waals surface area contributed by atoms with E-state index in [2.05, 4.69) is 21.2 Å². The second-order valence-electron chi connectivity index (χ2n) is 4.94. The number of aryl methyl sites for hydroxylation is 1. The Hall–Kier alpha value is -2.98. The predicted molar refractivity (Wildman–Crippen MR) is 94.2 cm³/mol. The van der Waals surface area contributed by atoms with Crippen molar-refractivity contribution in [3.05, 3.63) is 73.8 Å². The van der Waals surface area contributed by atoms with Crippen molar-refractivity contribution in [2.45, 2.75) is 6.92 Å². The van der Waals surface area contributed by atoms with E-state index in [1.807, 2.05) is 12.1 Å². The summed E-state index contributed by atoms with van der Waals surface area (Å²) in [7, 11) is 0. The Morgan fingerprint density at radius 2 is 2.08 bits per heavy atom. The number of anilines is 1. The predicted octanol–water partition coefficient (Wildman–Crippen LogP) is 4.21. The second-order valence-corrected chi connectivity index (χ2v) is 5.85. The first kappa shape index (κ1) is 17.4. The van der Waals surface area contributed by atoms with E-state index >= 15 is 0 Å². The van der Waals surface area contributed by atoms with Crippen molar-refractivity contribution in [3.8, 4) is 6.07 Å². The van der Waals surface area contributed by atoms with Crippen LogP contribution in [-0.4, -0.2) is 10.8 Å². The summed E-state index contributed by atoms with van der Waals surface area (Å²) in [6.45, 7) is 1.71. The zero-order valence-corrected chi connectivity index (χ0v) is 14.2. The largest absolute Gasteiger partial charge is 0.321 e. The van der Waals surface area contributed by atoms with Gasteiger partial charge in [-0.2, -0.15) is 5.26 Å². The van der Waals surface area contributed by atoms with Gasteiger partial charge in [0, 0.05) is 16.6 Å². The van der Waals surface area contributed by atoms with Crippen molar-refractivity contribution in [3.63, 3.8) is 0 Å². The highest BCUT2D eigenvalue weighted by atomic mass is 79.9. The quantitative estimate of drug-likeness (QED) is 0.368. The average molecular weight is 386 g/mol. The van der Waals surface area contributed by atoms with Crippen LogP contribution in [0.15, 0.2) is 52.5 Å². The van der Waals surface area contributed by atoms with E-state index in [0.29, 0.717) is 16.8 Å². The van der Waals surface area contributed by atoms with Gasteiger partial charge in [0.1, 0.15) is 11.6 Å². The summed E-state index contributed by atoms with van der Waals surface area (Å²) in [6.07, 6.45) is 1.45. The van der Waals surface area contributed by atoms with Crippen molar-refractivity contribution in [1.82, 2.24) is 0 Å². The number of carbonyl (C=O) groups excluding carboxylic acids is 1. The van der Waals surface area contributed by atoms with E-state index < -0.39 is 10.8 Å². The number of hydrogen-bond acceptors (Lipinski definition) is 4. The third kappa shape index (κ3) is 4.27. The summed E-state index contributed by atoms with van der Waals surface area (Å²) in [5, 5.41) is 22.6. The van der Waals surface area contributed by atoms with Crippen LogP contribution in [0.5, 0.6) is 0 Å². The van der Waals surface area contributed by atoms with Gasteiger partial charge in [-0.05, 0) is 36.3 Å². The molecule has 1 amide bonds. The Morgan fingerprint density at radius 1 is 1.33 bits per heavy atom. The van der Waals surface area contributed by atoms with E-state index in [-0.39, 0.29) is 11.3 Å². The van der Waals surface area contributed by atoms with Crippen LogP contribution in [-0.2, 0) is 4.79 Å². The summed E-state index contributed by atoms with van der Waals surface area (Å²) in [5.74, 6) is -0.624. The molecule has 2 aromatic carbocycles. The van der Waals surface area contributed by atoms with Crippen LogP contribution < -0.4 is 5.32 Å². The maximum atomic E-state index is 12.3. The Bertz CT molecular complexity index is 885. The highest BCUT2D eigenvalue weighted by Gasteiger charge is 2.14. The van der Waals surface area contributed by atoms with Gasteiger partial charge in [0.05, 0.1) is 10.6 Å². The number of nitrogens with zero attached hydrogens (tertiary/aromatic N) is 2. The van der Waals surface area contributed by atoms with Gasteiger partial charge in [0.2, 0.25) is 0 Å². The number of non-ortho nitro benzene ring substituents is 1. The van der Waals surface area contributed by atoms with Gasteiger partial charge >= 0.3 is 0 Å². The molecule has 0 aliphatic heterocycles. The number of amides is 1. The minimum Gasteiger partial charge on any atom is -0.321 e. The Labute approximate surface area is 146 Å². The second kappa shape index (κ2) is 7.53. The molecule has 2 aromatic rings. The molecule has 0 spiro atoms. The number of benzene rings is 2. The molecule has 0 saturated carbocycles. The fourth-order valence-corrected chi connectivity index (χ4v) is 2.38. The van der Waals surface area contributed by atoms with Gasteiger partial charge in [-0.25, -0.2) is 0 Å². The Balaban J connectivity index is 2.29. The topological polar surface area (TPSA) is 96.0 Å². The maximum Gasteiger partial charge on any atom is 0.271 e. The summed E-state index contributed by atoms with van der Waals surface area (Å²) in [5.41, 5.74) is 1.41. The minimum atomic E-state index is -0.624. The van der Waals surface area contributed by atoms with Crippen molar-refractivity contribution in [2.75, 3.05) is 5.32 Å². The maximum absolute atomic E-state index is 12.3. The lowest BCUT2D eigenvalue weighted by Crippen LogP contribution is -2.14. The van der Waals surface area contributed by atoms with Gasteiger partial charge in [0.15, 0.2) is 0 Å². The first-order valence-corrected chi connectivity index (χ1v) is 7.64. The molecule has 2 rings (SSSR count). The molecule has 0 atom stereocenters. The molecule has 0 saturated heterocycles. The number of nitrogens with one attached hydrogen (secondary N) is 1. The summed E-state index contributed by atoms with van der Waals surface area (Å²) in [4.78, 5) is 22.6. The fraction of sp³-hybridized carbons (Fsp3) is 0.0588. The molecule has 0 aliphatic carbocycles. The first-order valence-electron chi connectivity index (χ1n) is 6.84. The molecule has 1 N–H and O–H groups in total. The molecule has 0 aromatic heterocycles. The van der Waals surface area contributed by atoms with Gasteiger partial charge in [-0.15, -0.1) is 0 Å². The number of carbonyl (C=O) groups is 1. The van der Waals surface area contributed by atoms with Crippen LogP contribution in [0.4, 0.5) is 11.4 Å². The molecule has 0 heterocycles. The lowest BCUT2D eigenvalue weighted by Gasteiger charge is -2.07. The van der Waals surface area contributed by atoms with E-state index in [1.54, 1.807) is 25.1 Å². The molecule has 0 bridgehead atoms. The van der Waals surface area contributed by atoms with Crippen LogP contribution >= 0.6 is 15.9 Å². The standard InChI is InChI=1S/C17H12BrN3O3/c1-11-5-6-15(21(23)24)9-16(11)20-17(22)13(10-19)7-12-3-2-4-14(18)8-12/h2-9H,1H3,(H,20,22)/b13-7+. The third-order valence-electron chi connectivity index (χ3n) is 3.20.